The highest BCUT2D eigenvalue weighted by Crippen LogP contribution is 2.29. The van der Waals surface area contributed by atoms with Crippen molar-refractivity contribution in [1.82, 2.24) is 15.0 Å². The molecule has 3 rings (SSSR count). The van der Waals surface area contributed by atoms with Gasteiger partial charge < -0.3 is 9.88 Å². The summed E-state index contributed by atoms with van der Waals surface area (Å²) in [6.45, 7) is 0. The normalized spacial score (nSPS) is 11.0. The SMILES string of the molecule is CN(C)c1ccc2[nH]c(-c3cccc(F)c3Cl)nc2n1. The van der Waals surface area contributed by atoms with Crippen molar-refractivity contribution in [3.63, 3.8) is 0 Å². The molecule has 0 amide bonds. The Labute approximate surface area is 120 Å². The van der Waals surface area contributed by atoms with Crippen LogP contribution in [0.2, 0.25) is 5.02 Å². The first-order chi connectivity index (χ1) is 9.56. The molecule has 102 valence electrons. The zero-order valence-corrected chi connectivity index (χ0v) is 11.7. The standard InChI is InChI=1S/C14H12ClFN4/c1-20(2)11-7-6-10-14(18-11)19-13(17-10)8-4-3-5-9(16)12(8)15/h3-7H,1-2H3,(H,17,18,19). The Morgan fingerprint density at radius 3 is 2.70 bits per heavy atom. The van der Waals surface area contributed by atoms with Gasteiger partial charge in [0.15, 0.2) is 5.65 Å². The number of rotatable bonds is 2. The summed E-state index contributed by atoms with van der Waals surface area (Å²) in [4.78, 5) is 13.8. The molecule has 0 radical (unpaired) electrons. The molecule has 2 heterocycles. The third-order valence-corrected chi connectivity index (χ3v) is 3.38. The second-order valence-electron chi connectivity index (χ2n) is 4.62. The molecule has 0 bridgehead atoms. The van der Waals surface area contributed by atoms with Gasteiger partial charge in [0.25, 0.3) is 0 Å². The van der Waals surface area contributed by atoms with Crippen LogP contribution < -0.4 is 4.90 Å². The van der Waals surface area contributed by atoms with Gasteiger partial charge in [0.1, 0.15) is 17.5 Å². The third kappa shape index (κ3) is 2.10. The molecule has 20 heavy (non-hydrogen) atoms. The molecule has 0 aliphatic carbocycles. The lowest BCUT2D eigenvalue weighted by Crippen LogP contribution is -2.10. The number of pyridine rings is 1. The maximum absolute atomic E-state index is 13.5. The summed E-state index contributed by atoms with van der Waals surface area (Å²) in [5, 5.41) is 0.0550. The highest BCUT2D eigenvalue weighted by molar-refractivity contribution is 6.33. The van der Waals surface area contributed by atoms with Gasteiger partial charge in [-0.2, -0.15) is 0 Å². The van der Waals surface area contributed by atoms with E-state index >= 15 is 0 Å². The van der Waals surface area contributed by atoms with Gasteiger partial charge in [0, 0.05) is 19.7 Å². The van der Waals surface area contributed by atoms with Gasteiger partial charge in [-0.25, -0.2) is 14.4 Å². The molecule has 0 aliphatic rings. The molecular weight excluding hydrogens is 279 g/mol. The van der Waals surface area contributed by atoms with Crippen molar-refractivity contribution in [1.29, 1.82) is 0 Å². The number of fused-ring (bicyclic) bond motifs is 1. The van der Waals surface area contributed by atoms with E-state index in [-0.39, 0.29) is 5.02 Å². The third-order valence-electron chi connectivity index (χ3n) is 3.00. The van der Waals surface area contributed by atoms with Crippen LogP contribution in [-0.4, -0.2) is 29.0 Å². The maximum atomic E-state index is 13.5. The number of H-pyrrole nitrogens is 1. The Hall–Kier alpha value is -2.14. The fourth-order valence-electron chi connectivity index (χ4n) is 1.95. The molecule has 0 saturated carbocycles. The topological polar surface area (TPSA) is 44.8 Å². The Morgan fingerprint density at radius 2 is 1.95 bits per heavy atom. The fraction of sp³-hybridized carbons (Fsp3) is 0.143. The molecule has 0 aliphatic heterocycles. The van der Waals surface area contributed by atoms with Gasteiger partial charge in [-0.1, -0.05) is 17.7 Å². The first kappa shape index (κ1) is 12.9. The molecule has 1 N–H and O–H groups in total. The Bertz CT molecular complexity index is 782. The van der Waals surface area contributed by atoms with Crippen LogP contribution in [-0.2, 0) is 0 Å². The number of hydrogen-bond acceptors (Lipinski definition) is 3. The minimum absolute atomic E-state index is 0.0550. The van der Waals surface area contributed by atoms with Crippen molar-refractivity contribution in [2.45, 2.75) is 0 Å². The number of anilines is 1. The largest absolute Gasteiger partial charge is 0.363 e. The number of nitrogens with zero attached hydrogens (tertiary/aromatic N) is 3. The number of hydrogen-bond donors (Lipinski definition) is 1. The lowest BCUT2D eigenvalue weighted by molar-refractivity contribution is 0.628. The number of imidazole rings is 1. The van der Waals surface area contributed by atoms with Crippen LogP contribution in [0.3, 0.4) is 0 Å². The summed E-state index contributed by atoms with van der Waals surface area (Å²) in [7, 11) is 3.82. The lowest BCUT2D eigenvalue weighted by atomic mass is 10.2. The van der Waals surface area contributed by atoms with E-state index < -0.39 is 5.82 Å². The van der Waals surface area contributed by atoms with Gasteiger partial charge in [-0.05, 0) is 24.3 Å². The monoisotopic (exact) mass is 290 g/mol. The number of benzene rings is 1. The molecule has 0 unspecified atom stereocenters. The molecule has 0 fully saturated rings. The van der Waals surface area contributed by atoms with Crippen LogP contribution in [0, 0.1) is 5.82 Å². The van der Waals surface area contributed by atoms with Gasteiger partial charge in [-0.3, -0.25) is 0 Å². The van der Waals surface area contributed by atoms with Crippen molar-refractivity contribution in [2.75, 3.05) is 19.0 Å². The summed E-state index contributed by atoms with van der Waals surface area (Å²) < 4.78 is 13.5. The molecule has 3 aromatic rings. The zero-order chi connectivity index (χ0) is 14.3. The van der Waals surface area contributed by atoms with Gasteiger partial charge in [0.2, 0.25) is 0 Å². The predicted molar refractivity (Wildman–Crippen MR) is 78.6 cm³/mol. The Kier molecular flexibility index (Phi) is 3.06. The summed E-state index contributed by atoms with van der Waals surface area (Å²) >= 11 is 5.97. The smallest absolute Gasteiger partial charge is 0.180 e. The summed E-state index contributed by atoms with van der Waals surface area (Å²) in [5.41, 5.74) is 1.88. The van der Waals surface area contributed by atoms with E-state index in [4.69, 9.17) is 11.6 Å². The molecule has 0 atom stereocenters. The minimum Gasteiger partial charge on any atom is -0.363 e. The van der Waals surface area contributed by atoms with E-state index in [0.717, 1.165) is 11.3 Å². The highest BCUT2D eigenvalue weighted by Gasteiger charge is 2.13. The average Bonchev–Trinajstić information content (AvgIpc) is 2.84. The van der Waals surface area contributed by atoms with E-state index in [1.54, 1.807) is 12.1 Å². The quantitative estimate of drug-likeness (QED) is 0.786. The van der Waals surface area contributed by atoms with Crippen LogP contribution in [0.4, 0.5) is 10.2 Å². The molecule has 0 spiro atoms. The predicted octanol–water partition coefficient (Wildman–Crippen LogP) is 3.48. The molecule has 0 saturated heterocycles. The Balaban J connectivity index is 2.15. The van der Waals surface area contributed by atoms with Gasteiger partial charge >= 0.3 is 0 Å². The van der Waals surface area contributed by atoms with Crippen LogP contribution in [0.25, 0.3) is 22.6 Å². The number of halogens is 2. The van der Waals surface area contributed by atoms with Crippen molar-refractivity contribution in [3.8, 4) is 11.4 Å². The van der Waals surface area contributed by atoms with Gasteiger partial charge in [-0.15, -0.1) is 0 Å². The number of aromatic amines is 1. The lowest BCUT2D eigenvalue weighted by Gasteiger charge is -2.09. The summed E-state index contributed by atoms with van der Waals surface area (Å²) in [6, 6.07) is 8.41. The molecular formula is C14H12ClFN4. The fourth-order valence-corrected chi connectivity index (χ4v) is 2.16. The summed E-state index contributed by atoms with van der Waals surface area (Å²) in [6.07, 6.45) is 0. The molecule has 1 aromatic carbocycles. The second kappa shape index (κ2) is 4.76. The first-order valence-electron chi connectivity index (χ1n) is 6.05. The van der Waals surface area contributed by atoms with E-state index in [0.29, 0.717) is 17.0 Å². The minimum atomic E-state index is -0.466. The van der Waals surface area contributed by atoms with Crippen LogP contribution in [0.1, 0.15) is 0 Å². The van der Waals surface area contributed by atoms with Gasteiger partial charge in [0.05, 0.1) is 10.5 Å². The van der Waals surface area contributed by atoms with Crippen molar-refractivity contribution < 1.29 is 4.39 Å². The van der Waals surface area contributed by atoms with Crippen molar-refractivity contribution in [2.24, 2.45) is 0 Å². The summed E-state index contributed by atoms with van der Waals surface area (Å²) in [5.74, 6) is 0.848. The van der Waals surface area contributed by atoms with E-state index in [2.05, 4.69) is 15.0 Å². The molecule has 6 heteroatoms. The maximum Gasteiger partial charge on any atom is 0.180 e. The number of aromatic nitrogens is 3. The van der Waals surface area contributed by atoms with Crippen LogP contribution in [0.15, 0.2) is 30.3 Å². The second-order valence-corrected chi connectivity index (χ2v) is 5.00. The van der Waals surface area contributed by atoms with Crippen LogP contribution >= 0.6 is 11.6 Å². The van der Waals surface area contributed by atoms with E-state index in [9.17, 15) is 4.39 Å². The molecule has 4 nitrogen and oxygen atoms in total. The first-order valence-corrected chi connectivity index (χ1v) is 6.42. The zero-order valence-electron chi connectivity index (χ0n) is 11.0. The van der Waals surface area contributed by atoms with Crippen molar-refractivity contribution >= 4 is 28.6 Å². The van der Waals surface area contributed by atoms with E-state index in [1.165, 1.54) is 6.07 Å². The van der Waals surface area contributed by atoms with Crippen LogP contribution in [0.5, 0.6) is 0 Å². The average molecular weight is 291 g/mol. The van der Waals surface area contributed by atoms with E-state index in [1.807, 2.05) is 31.1 Å². The Morgan fingerprint density at radius 1 is 1.15 bits per heavy atom. The molecule has 2 aromatic heterocycles. The highest BCUT2D eigenvalue weighted by atomic mass is 35.5. The number of nitrogens with one attached hydrogen (secondary N) is 1. The van der Waals surface area contributed by atoms with Crippen molar-refractivity contribution in [3.05, 3.63) is 41.2 Å².